The number of esters is 1. The molecule has 0 aromatic rings. The minimum Gasteiger partial charge on any atom is -0.481 e. The smallest absolute Gasteiger partial charge is 0.307 e. The summed E-state index contributed by atoms with van der Waals surface area (Å²) in [6.45, 7) is 2.88. The van der Waals surface area contributed by atoms with Gasteiger partial charge in [0.05, 0.1) is 19.4 Å². The zero-order chi connectivity index (χ0) is 21.6. The van der Waals surface area contributed by atoms with Crippen LogP contribution in [0.5, 0.6) is 0 Å². The van der Waals surface area contributed by atoms with Crippen molar-refractivity contribution in [1.82, 2.24) is 5.32 Å². The van der Waals surface area contributed by atoms with Crippen LogP contribution in [0.4, 0.5) is 0 Å². The number of carboxylic acid groups (broad SMARTS) is 1. The Morgan fingerprint density at radius 1 is 0.690 bits per heavy atom. The SMILES string of the molecule is CCCCCCCCCCCCCCCCOC(=O)CCNC(=O)CCC(=O)O. The van der Waals surface area contributed by atoms with Crippen molar-refractivity contribution in [1.29, 1.82) is 0 Å². The molecule has 0 aromatic heterocycles. The first-order valence-electron chi connectivity index (χ1n) is 11.7. The lowest BCUT2D eigenvalue weighted by Crippen LogP contribution is -2.26. The Hall–Kier alpha value is -1.59. The molecule has 1 amide bonds. The summed E-state index contributed by atoms with van der Waals surface area (Å²) in [6.07, 6.45) is 17.9. The van der Waals surface area contributed by atoms with E-state index in [2.05, 4.69) is 12.2 Å². The Balaban J connectivity index is 3.25. The first kappa shape index (κ1) is 27.4. The van der Waals surface area contributed by atoms with Gasteiger partial charge in [0.2, 0.25) is 5.91 Å². The summed E-state index contributed by atoms with van der Waals surface area (Å²) in [7, 11) is 0. The second kappa shape index (κ2) is 21.1. The molecule has 0 radical (unpaired) electrons. The van der Waals surface area contributed by atoms with Gasteiger partial charge in [-0.25, -0.2) is 0 Å². The van der Waals surface area contributed by atoms with Gasteiger partial charge in [-0.05, 0) is 6.42 Å². The minimum atomic E-state index is -1.01. The fourth-order valence-electron chi connectivity index (χ4n) is 3.17. The number of aliphatic carboxylic acids is 1. The predicted octanol–water partition coefficient (Wildman–Crippen LogP) is 5.38. The maximum absolute atomic E-state index is 11.6. The number of carbonyl (C=O) groups excluding carboxylic acids is 2. The van der Waals surface area contributed by atoms with Crippen LogP contribution in [0.1, 0.15) is 116 Å². The summed E-state index contributed by atoms with van der Waals surface area (Å²) in [5, 5.41) is 11.0. The number of unbranched alkanes of at least 4 members (excludes halogenated alkanes) is 13. The van der Waals surface area contributed by atoms with Gasteiger partial charge in [-0.3, -0.25) is 14.4 Å². The van der Waals surface area contributed by atoms with E-state index in [-0.39, 0.29) is 37.7 Å². The highest BCUT2D eigenvalue weighted by Gasteiger charge is 2.07. The molecule has 0 aliphatic carbocycles. The Morgan fingerprint density at radius 3 is 1.66 bits per heavy atom. The summed E-state index contributed by atoms with van der Waals surface area (Å²) < 4.78 is 5.14. The molecule has 0 atom stereocenters. The van der Waals surface area contributed by atoms with Crippen LogP contribution in [0.15, 0.2) is 0 Å². The highest BCUT2D eigenvalue weighted by molar-refractivity contribution is 5.81. The molecule has 29 heavy (non-hydrogen) atoms. The number of amides is 1. The van der Waals surface area contributed by atoms with Crippen molar-refractivity contribution in [3.63, 3.8) is 0 Å². The lowest BCUT2D eigenvalue weighted by Gasteiger charge is -2.06. The van der Waals surface area contributed by atoms with Gasteiger partial charge in [0.25, 0.3) is 0 Å². The molecule has 0 heterocycles. The monoisotopic (exact) mass is 413 g/mol. The Labute approximate surface area is 177 Å². The van der Waals surface area contributed by atoms with Gasteiger partial charge in [0.1, 0.15) is 0 Å². The van der Waals surface area contributed by atoms with Crippen molar-refractivity contribution in [2.75, 3.05) is 13.2 Å². The van der Waals surface area contributed by atoms with Crippen LogP contribution < -0.4 is 5.32 Å². The molecule has 0 aromatic carbocycles. The average Bonchev–Trinajstić information content (AvgIpc) is 2.69. The minimum absolute atomic E-state index is 0.0660. The van der Waals surface area contributed by atoms with Crippen molar-refractivity contribution in [3.05, 3.63) is 0 Å². The van der Waals surface area contributed by atoms with Crippen LogP contribution in [-0.2, 0) is 19.1 Å². The van der Waals surface area contributed by atoms with E-state index in [1.807, 2.05) is 0 Å². The molecule has 0 spiro atoms. The topological polar surface area (TPSA) is 92.7 Å². The van der Waals surface area contributed by atoms with Crippen LogP contribution >= 0.6 is 0 Å². The number of ether oxygens (including phenoxy) is 1. The number of carboxylic acids is 1. The molecule has 2 N–H and O–H groups in total. The van der Waals surface area contributed by atoms with E-state index in [0.717, 1.165) is 12.8 Å². The predicted molar refractivity (Wildman–Crippen MR) is 116 cm³/mol. The van der Waals surface area contributed by atoms with Crippen LogP contribution in [0.3, 0.4) is 0 Å². The fourth-order valence-corrected chi connectivity index (χ4v) is 3.17. The molecule has 0 bridgehead atoms. The van der Waals surface area contributed by atoms with Crippen LogP contribution in [-0.4, -0.2) is 36.1 Å². The van der Waals surface area contributed by atoms with Gasteiger partial charge in [-0.15, -0.1) is 0 Å². The molecule has 0 aliphatic rings. The Bertz CT molecular complexity index is 425. The van der Waals surface area contributed by atoms with Gasteiger partial charge < -0.3 is 15.2 Å². The number of hydrogen-bond acceptors (Lipinski definition) is 4. The van der Waals surface area contributed by atoms with E-state index in [1.165, 1.54) is 77.0 Å². The van der Waals surface area contributed by atoms with Crippen LogP contribution in [0.25, 0.3) is 0 Å². The van der Waals surface area contributed by atoms with Crippen molar-refractivity contribution in [2.24, 2.45) is 0 Å². The molecular formula is C23H43NO5. The number of hydrogen-bond donors (Lipinski definition) is 2. The third-order valence-electron chi connectivity index (χ3n) is 4.98. The molecule has 0 rings (SSSR count). The van der Waals surface area contributed by atoms with Gasteiger partial charge in [0.15, 0.2) is 0 Å². The van der Waals surface area contributed by atoms with Crippen LogP contribution in [0.2, 0.25) is 0 Å². The third kappa shape index (κ3) is 22.6. The standard InChI is InChI=1S/C23H43NO5/c1-2-3-4-5-6-7-8-9-10-11-12-13-14-15-20-29-23(28)18-19-24-21(25)16-17-22(26)27/h2-20H2,1H3,(H,24,25)(H,26,27). The molecule has 6 heteroatoms. The summed E-state index contributed by atoms with van der Waals surface area (Å²) in [5.41, 5.74) is 0. The average molecular weight is 414 g/mol. The molecule has 6 nitrogen and oxygen atoms in total. The lowest BCUT2D eigenvalue weighted by atomic mass is 10.0. The van der Waals surface area contributed by atoms with E-state index in [9.17, 15) is 14.4 Å². The second-order valence-electron chi connectivity index (χ2n) is 7.81. The van der Waals surface area contributed by atoms with Gasteiger partial charge in [-0.2, -0.15) is 0 Å². The van der Waals surface area contributed by atoms with Gasteiger partial charge in [0, 0.05) is 13.0 Å². The zero-order valence-electron chi connectivity index (χ0n) is 18.5. The molecule has 0 saturated carbocycles. The highest BCUT2D eigenvalue weighted by atomic mass is 16.5. The van der Waals surface area contributed by atoms with Crippen LogP contribution in [0, 0.1) is 0 Å². The largest absolute Gasteiger partial charge is 0.481 e. The molecular weight excluding hydrogens is 370 g/mol. The second-order valence-corrected chi connectivity index (χ2v) is 7.81. The lowest BCUT2D eigenvalue weighted by molar-refractivity contribution is -0.144. The Kier molecular flexibility index (Phi) is 20.0. The number of rotatable bonds is 21. The summed E-state index contributed by atoms with van der Waals surface area (Å²) in [4.78, 5) is 33.2. The first-order valence-corrected chi connectivity index (χ1v) is 11.7. The first-order chi connectivity index (χ1) is 14.1. The van der Waals surface area contributed by atoms with E-state index >= 15 is 0 Å². The zero-order valence-corrected chi connectivity index (χ0v) is 18.5. The molecule has 0 saturated heterocycles. The van der Waals surface area contributed by atoms with Crippen molar-refractivity contribution in [2.45, 2.75) is 116 Å². The van der Waals surface area contributed by atoms with E-state index in [4.69, 9.17) is 9.84 Å². The van der Waals surface area contributed by atoms with Crippen molar-refractivity contribution in [3.8, 4) is 0 Å². The summed E-state index contributed by atoms with van der Waals surface area (Å²) in [5.74, 6) is -1.68. The van der Waals surface area contributed by atoms with Gasteiger partial charge >= 0.3 is 11.9 Å². The van der Waals surface area contributed by atoms with E-state index in [1.54, 1.807) is 0 Å². The van der Waals surface area contributed by atoms with Crippen molar-refractivity contribution < 1.29 is 24.2 Å². The van der Waals surface area contributed by atoms with Gasteiger partial charge in [-0.1, -0.05) is 90.4 Å². The van der Waals surface area contributed by atoms with Crippen molar-refractivity contribution >= 4 is 17.8 Å². The highest BCUT2D eigenvalue weighted by Crippen LogP contribution is 2.12. The Morgan fingerprint density at radius 2 is 1.17 bits per heavy atom. The number of carbonyl (C=O) groups is 3. The maximum atomic E-state index is 11.6. The number of nitrogens with one attached hydrogen (secondary N) is 1. The summed E-state index contributed by atoms with van der Waals surface area (Å²) >= 11 is 0. The summed E-state index contributed by atoms with van der Waals surface area (Å²) in [6, 6.07) is 0. The van der Waals surface area contributed by atoms with E-state index < -0.39 is 5.97 Å². The normalized spacial score (nSPS) is 10.7. The maximum Gasteiger partial charge on any atom is 0.307 e. The third-order valence-corrected chi connectivity index (χ3v) is 4.98. The fraction of sp³-hybridized carbons (Fsp3) is 0.870. The molecule has 0 aliphatic heterocycles. The molecule has 0 fully saturated rings. The molecule has 0 unspecified atom stereocenters. The quantitative estimate of drug-likeness (QED) is 0.195. The molecule has 170 valence electrons. The van der Waals surface area contributed by atoms with E-state index in [0.29, 0.717) is 6.61 Å².